The minimum Gasteiger partial charge on any atom is -0.444 e. The van der Waals surface area contributed by atoms with Crippen molar-refractivity contribution in [3.63, 3.8) is 0 Å². The number of amides is 1. The number of rotatable bonds is 0. The average Bonchev–Trinajstić information content (AvgIpc) is 2.27. The zero-order valence-electron chi connectivity index (χ0n) is 12.6. The molecule has 1 amide bonds. The highest BCUT2D eigenvalue weighted by Gasteiger charge is 2.49. The first-order valence-electron chi connectivity index (χ1n) is 7.42. The molecule has 1 N–H and O–H groups in total. The van der Waals surface area contributed by atoms with Crippen molar-refractivity contribution in [2.24, 2.45) is 5.41 Å². The van der Waals surface area contributed by atoms with Crippen molar-refractivity contribution in [3.05, 3.63) is 0 Å². The molecule has 4 nitrogen and oxygen atoms in total. The summed E-state index contributed by atoms with van der Waals surface area (Å²) in [7, 11) is 0. The first-order valence-corrected chi connectivity index (χ1v) is 7.42. The maximum absolute atomic E-state index is 12.3. The highest BCUT2D eigenvalue weighted by molar-refractivity contribution is 5.69. The van der Waals surface area contributed by atoms with Gasteiger partial charge in [0.1, 0.15) is 5.60 Å². The molecule has 0 aromatic rings. The molecular formula is C15H27NO3. The van der Waals surface area contributed by atoms with E-state index >= 15 is 0 Å². The molecule has 2 aliphatic rings. The lowest BCUT2D eigenvalue weighted by atomic mass is 9.64. The maximum atomic E-state index is 12.3. The topological polar surface area (TPSA) is 49.8 Å². The van der Waals surface area contributed by atoms with E-state index in [1.165, 1.54) is 0 Å². The van der Waals surface area contributed by atoms with Crippen molar-refractivity contribution >= 4 is 6.09 Å². The second-order valence-electron chi connectivity index (χ2n) is 7.25. The number of hydrogen-bond acceptors (Lipinski definition) is 3. The largest absolute Gasteiger partial charge is 0.444 e. The van der Waals surface area contributed by atoms with Gasteiger partial charge in [-0.25, -0.2) is 4.79 Å². The van der Waals surface area contributed by atoms with Gasteiger partial charge < -0.3 is 14.7 Å². The molecule has 0 unspecified atom stereocenters. The smallest absolute Gasteiger partial charge is 0.410 e. The summed E-state index contributed by atoms with van der Waals surface area (Å²) in [5.41, 5.74) is -0.619. The first kappa shape index (κ1) is 14.6. The van der Waals surface area contributed by atoms with Crippen molar-refractivity contribution < 1.29 is 14.6 Å². The van der Waals surface area contributed by atoms with Gasteiger partial charge in [0.15, 0.2) is 0 Å². The third-order valence-electron chi connectivity index (χ3n) is 4.60. The number of fused-ring (bicyclic) bond motifs is 1. The second kappa shape index (κ2) is 4.97. The van der Waals surface area contributed by atoms with Crippen LogP contribution in [0.2, 0.25) is 0 Å². The van der Waals surface area contributed by atoms with Crippen LogP contribution < -0.4 is 0 Å². The van der Waals surface area contributed by atoms with Crippen LogP contribution in [-0.2, 0) is 4.74 Å². The Kier molecular flexibility index (Phi) is 3.83. The summed E-state index contributed by atoms with van der Waals surface area (Å²) < 4.78 is 5.51. The first-order chi connectivity index (χ1) is 8.74. The molecule has 1 aliphatic heterocycles. The summed E-state index contributed by atoms with van der Waals surface area (Å²) >= 11 is 0. The Bertz CT molecular complexity index is 350. The quantitative estimate of drug-likeness (QED) is 0.735. The summed E-state index contributed by atoms with van der Waals surface area (Å²) in [5.74, 6) is 0. The molecule has 19 heavy (non-hydrogen) atoms. The van der Waals surface area contributed by atoms with E-state index in [1.807, 2.05) is 25.7 Å². The number of aliphatic hydroxyl groups is 1. The lowest BCUT2D eigenvalue weighted by Crippen LogP contribution is -2.60. The number of nitrogens with zero attached hydrogens (tertiary/aromatic N) is 1. The van der Waals surface area contributed by atoms with E-state index in [4.69, 9.17) is 4.74 Å². The number of ether oxygens (including phenoxy) is 1. The second-order valence-corrected chi connectivity index (χ2v) is 7.25. The van der Waals surface area contributed by atoms with Crippen LogP contribution in [-0.4, -0.2) is 40.4 Å². The summed E-state index contributed by atoms with van der Waals surface area (Å²) in [4.78, 5) is 14.2. The minimum atomic E-state index is -0.460. The summed E-state index contributed by atoms with van der Waals surface area (Å²) in [6, 6.07) is 0.125. The predicted octanol–water partition coefficient (Wildman–Crippen LogP) is 2.94. The molecule has 1 aliphatic carbocycles. The standard InChI is InChI=1S/C15H27NO3/c1-14(2,3)19-13(18)16-10-6-9-15(4)11(16)7-5-8-12(15)17/h11-12,17H,5-10H2,1-4H3/t11-,12-,15-/m0/s1. The van der Waals surface area contributed by atoms with Crippen LogP contribution in [0.1, 0.15) is 59.8 Å². The summed E-state index contributed by atoms with van der Waals surface area (Å²) in [6.07, 6.45) is 4.25. The molecule has 1 heterocycles. The van der Waals surface area contributed by atoms with Crippen LogP contribution in [0, 0.1) is 5.41 Å². The molecule has 1 saturated carbocycles. The molecule has 2 rings (SSSR count). The van der Waals surface area contributed by atoms with Crippen LogP contribution in [0.25, 0.3) is 0 Å². The van der Waals surface area contributed by atoms with Gasteiger partial charge >= 0.3 is 6.09 Å². The molecule has 0 radical (unpaired) electrons. The monoisotopic (exact) mass is 269 g/mol. The van der Waals surface area contributed by atoms with E-state index in [0.717, 1.165) is 38.6 Å². The van der Waals surface area contributed by atoms with Gasteiger partial charge in [-0.15, -0.1) is 0 Å². The van der Waals surface area contributed by atoms with Gasteiger partial charge in [-0.1, -0.05) is 6.92 Å². The zero-order valence-corrected chi connectivity index (χ0v) is 12.6. The normalized spacial score (nSPS) is 35.7. The van der Waals surface area contributed by atoms with Gasteiger partial charge in [-0.05, 0) is 52.9 Å². The molecule has 1 saturated heterocycles. The van der Waals surface area contributed by atoms with Crippen LogP contribution in [0.5, 0.6) is 0 Å². The van der Waals surface area contributed by atoms with E-state index in [2.05, 4.69) is 6.92 Å². The van der Waals surface area contributed by atoms with Gasteiger partial charge in [0, 0.05) is 18.0 Å². The lowest BCUT2D eigenvalue weighted by Gasteiger charge is -2.53. The maximum Gasteiger partial charge on any atom is 0.410 e. The van der Waals surface area contributed by atoms with Gasteiger partial charge in [-0.3, -0.25) is 0 Å². The van der Waals surface area contributed by atoms with Crippen molar-refractivity contribution in [2.75, 3.05) is 6.54 Å². The van der Waals surface area contributed by atoms with Crippen LogP contribution in [0.15, 0.2) is 0 Å². The van der Waals surface area contributed by atoms with E-state index < -0.39 is 5.60 Å². The van der Waals surface area contributed by atoms with Crippen molar-refractivity contribution in [1.29, 1.82) is 0 Å². The third kappa shape index (κ3) is 2.88. The highest BCUT2D eigenvalue weighted by atomic mass is 16.6. The van der Waals surface area contributed by atoms with Gasteiger partial charge in [0.25, 0.3) is 0 Å². The summed E-state index contributed by atoms with van der Waals surface area (Å²) in [6.45, 7) is 8.55. The van der Waals surface area contributed by atoms with E-state index in [0.29, 0.717) is 0 Å². The Hall–Kier alpha value is -0.770. The van der Waals surface area contributed by atoms with E-state index in [-0.39, 0.29) is 23.7 Å². The fourth-order valence-corrected chi connectivity index (χ4v) is 3.56. The number of hydrogen-bond donors (Lipinski definition) is 1. The molecule has 0 aromatic carbocycles. The number of likely N-dealkylation sites (tertiary alicyclic amines) is 1. The molecule has 4 heteroatoms. The van der Waals surface area contributed by atoms with Gasteiger partial charge in [-0.2, -0.15) is 0 Å². The van der Waals surface area contributed by atoms with Crippen molar-refractivity contribution in [3.8, 4) is 0 Å². The zero-order chi connectivity index (χ0) is 14.3. The average molecular weight is 269 g/mol. The number of carbonyl (C=O) groups is 1. The Morgan fingerprint density at radius 2 is 2.00 bits per heavy atom. The fraction of sp³-hybridized carbons (Fsp3) is 0.933. The third-order valence-corrected chi connectivity index (χ3v) is 4.60. The van der Waals surface area contributed by atoms with E-state index in [9.17, 15) is 9.90 Å². The van der Waals surface area contributed by atoms with Crippen LogP contribution >= 0.6 is 0 Å². The Balaban J connectivity index is 2.15. The lowest BCUT2D eigenvalue weighted by molar-refractivity contribution is -0.0935. The Morgan fingerprint density at radius 3 is 2.63 bits per heavy atom. The molecule has 0 bridgehead atoms. The number of piperidine rings is 1. The number of carbonyl (C=O) groups excluding carboxylic acids is 1. The molecule has 110 valence electrons. The SMILES string of the molecule is CC(C)(C)OC(=O)N1CCC[C@@]2(C)[C@@H]1CCC[C@@H]2O. The molecule has 0 aromatic heterocycles. The summed E-state index contributed by atoms with van der Waals surface area (Å²) in [5, 5.41) is 10.3. The molecule has 3 atom stereocenters. The minimum absolute atomic E-state index is 0.125. The molecule has 2 fully saturated rings. The van der Waals surface area contributed by atoms with Crippen LogP contribution in [0.4, 0.5) is 4.79 Å². The molecular weight excluding hydrogens is 242 g/mol. The fourth-order valence-electron chi connectivity index (χ4n) is 3.56. The van der Waals surface area contributed by atoms with Gasteiger partial charge in [0.05, 0.1) is 6.10 Å². The van der Waals surface area contributed by atoms with E-state index in [1.54, 1.807) is 0 Å². The molecule has 0 spiro atoms. The Labute approximate surface area is 116 Å². The predicted molar refractivity (Wildman–Crippen MR) is 73.9 cm³/mol. The Morgan fingerprint density at radius 1 is 1.32 bits per heavy atom. The van der Waals surface area contributed by atoms with Crippen LogP contribution in [0.3, 0.4) is 0 Å². The highest BCUT2D eigenvalue weighted by Crippen LogP contribution is 2.45. The van der Waals surface area contributed by atoms with Gasteiger partial charge in [0.2, 0.25) is 0 Å². The van der Waals surface area contributed by atoms with Crippen molar-refractivity contribution in [2.45, 2.75) is 77.5 Å². The van der Waals surface area contributed by atoms with Crippen molar-refractivity contribution in [1.82, 2.24) is 4.90 Å². The number of aliphatic hydroxyl groups excluding tert-OH is 1.